The summed E-state index contributed by atoms with van der Waals surface area (Å²) >= 11 is 6.27. The maximum absolute atomic E-state index is 11.5. The van der Waals surface area contributed by atoms with Gasteiger partial charge in [-0.2, -0.15) is 5.10 Å². The van der Waals surface area contributed by atoms with Crippen LogP contribution in [-0.4, -0.2) is 37.3 Å². The first kappa shape index (κ1) is 16.3. The monoisotopic (exact) mass is 366 g/mol. The fraction of sp³-hybridized carbons (Fsp3) is 0.111. The summed E-state index contributed by atoms with van der Waals surface area (Å²) in [5.41, 5.74) is 2.23. The van der Waals surface area contributed by atoms with Crippen LogP contribution in [0.15, 0.2) is 55.1 Å². The number of aromatic nitrogens is 5. The third-order valence-electron chi connectivity index (χ3n) is 4.02. The number of fused-ring (bicyclic) bond motifs is 1. The van der Waals surface area contributed by atoms with Crippen molar-refractivity contribution in [1.29, 1.82) is 0 Å². The molecular weight excluding hydrogens is 352 g/mol. The molecule has 0 atom stereocenters. The molecule has 1 amide bonds. The highest BCUT2D eigenvalue weighted by Crippen LogP contribution is 2.26. The van der Waals surface area contributed by atoms with E-state index in [9.17, 15) is 4.79 Å². The van der Waals surface area contributed by atoms with Gasteiger partial charge < -0.3 is 5.32 Å². The Morgan fingerprint density at radius 3 is 3.00 bits per heavy atom. The summed E-state index contributed by atoms with van der Waals surface area (Å²) in [5, 5.41) is 8.37. The lowest BCUT2D eigenvalue weighted by Crippen LogP contribution is -2.23. The Kier molecular flexibility index (Phi) is 4.14. The van der Waals surface area contributed by atoms with Gasteiger partial charge in [-0.3, -0.25) is 14.0 Å². The number of carbonyl (C=O) groups excluding carboxylic acids is 1. The molecule has 0 aliphatic carbocycles. The molecule has 0 saturated carbocycles. The molecule has 0 unspecified atom stereocenters. The molecule has 0 aliphatic rings. The predicted octanol–water partition coefficient (Wildman–Crippen LogP) is 2.68. The van der Waals surface area contributed by atoms with Gasteiger partial charge in [0.2, 0.25) is 5.91 Å². The van der Waals surface area contributed by atoms with Crippen molar-refractivity contribution in [2.75, 3.05) is 7.05 Å². The van der Waals surface area contributed by atoms with Gasteiger partial charge in [0.15, 0.2) is 5.82 Å². The van der Waals surface area contributed by atoms with Gasteiger partial charge in [-0.25, -0.2) is 9.97 Å². The van der Waals surface area contributed by atoms with Crippen molar-refractivity contribution in [3.63, 3.8) is 0 Å². The smallest absolute Gasteiger partial charge is 0.241 e. The van der Waals surface area contributed by atoms with Gasteiger partial charge in [-0.15, -0.1) is 0 Å². The lowest BCUT2D eigenvalue weighted by molar-refractivity contribution is -0.121. The molecule has 3 aromatic heterocycles. The number of para-hydroxylation sites is 1. The molecule has 1 N–H and O–H groups in total. The van der Waals surface area contributed by atoms with Crippen LogP contribution < -0.4 is 5.32 Å². The van der Waals surface area contributed by atoms with Gasteiger partial charge in [-0.05, 0) is 12.1 Å². The van der Waals surface area contributed by atoms with E-state index in [1.54, 1.807) is 30.3 Å². The fourth-order valence-corrected chi connectivity index (χ4v) is 2.95. The van der Waals surface area contributed by atoms with E-state index in [0.717, 1.165) is 16.6 Å². The molecule has 0 radical (unpaired) electrons. The van der Waals surface area contributed by atoms with E-state index in [0.29, 0.717) is 16.5 Å². The second-order valence-corrected chi connectivity index (χ2v) is 6.11. The number of imidazole rings is 1. The Labute approximate surface area is 154 Å². The summed E-state index contributed by atoms with van der Waals surface area (Å²) in [7, 11) is 1.59. The zero-order valence-electron chi connectivity index (χ0n) is 13.9. The maximum Gasteiger partial charge on any atom is 0.241 e. The van der Waals surface area contributed by atoms with E-state index < -0.39 is 0 Å². The Morgan fingerprint density at radius 2 is 2.15 bits per heavy atom. The number of benzene rings is 1. The quantitative estimate of drug-likeness (QED) is 0.602. The Balaban J connectivity index is 1.74. The Morgan fingerprint density at radius 1 is 1.27 bits per heavy atom. The maximum atomic E-state index is 11.5. The topological polar surface area (TPSA) is 77.6 Å². The number of amides is 1. The molecule has 0 bridgehead atoms. The summed E-state index contributed by atoms with van der Waals surface area (Å²) < 4.78 is 3.45. The minimum absolute atomic E-state index is 0.114. The number of nitrogens with one attached hydrogen (secondary N) is 1. The second kappa shape index (κ2) is 6.61. The molecule has 130 valence electrons. The van der Waals surface area contributed by atoms with E-state index >= 15 is 0 Å². The van der Waals surface area contributed by atoms with Crippen molar-refractivity contribution in [1.82, 2.24) is 29.6 Å². The summed E-state index contributed by atoms with van der Waals surface area (Å²) in [4.78, 5) is 20.6. The molecule has 26 heavy (non-hydrogen) atoms. The average Bonchev–Trinajstić information content (AvgIpc) is 3.31. The van der Waals surface area contributed by atoms with E-state index in [2.05, 4.69) is 20.4 Å². The molecule has 7 nitrogen and oxygen atoms in total. The summed E-state index contributed by atoms with van der Waals surface area (Å²) in [6, 6.07) is 9.56. The number of hydrogen-bond donors (Lipinski definition) is 1. The highest BCUT2D eigenvalue weighted by molar-refractivity contribution is 6.35. The zero-order valence-corrected chi connectivity index (χ0v) is 14.7. The third kappa shape index (κ3) is 2.93. The zero-order chi connectivity index (χ0) is 18.1. The number of rotatable bonds is 4. The largest absolute Gasteiger partial charge is 0.358 e. The van der Waals surface area contributed by atoms with Gasteiger partial charge >= 0.3 is 0 Å². The molecule has 0 fully saturated rings. The first-order valence-electron chi connectivity index (χ1n) is 7.98. The van der Waals surface area contributed by atoms with Gasteiger partial charge in [-0.1, -0.05) is 29.8 Å². The van der Waals surface area contributed by atoms with Crippen LogP contribution in [-0.2, 0) is 11.3 Å². The number of carbonyl (C=O) groups is 1. The van der Waals surface area contributed by atoms with E-state index in [1.165, 1.54) is 0 Å². The van der Waals surface area contributed by atoms with E-state index in [-0.39, 0.29) is 12.5 Å². The van der Waals surface area contributed by atoms with Gasteiger partial charge in [0.1, 0.15) is 12.2 Å². The lowest BCUT2D eigenvalue weighted by Gasteiger charge is -2.07. The predicted molar refractivity (Wildman–Crippen MR) is 99.2 cm³/mol. The highest BCUT2D eigenvalue weighted by Gasteiger charge is 2.13. The third-order valence-corrected chi connectivity index (χ3v) is 4.33. The molecule has 4 aromatic rings. The minimum Gasteiger partial charge on any atom is -0.358 e. The Hall–Kier alpha value is -3.19. The number of nitrogens with zero attached hydrogens (tertiary/aromatic N) is 5. The number of likely N-dealkylation sites (N-methyl/N-ethyl adjacent to an activating group) is 1. The van der Waals surface area contributed by atoms with Crippen LogP contribution in [0.4, 0.5) is 0 Å². The van der Waals surface area contributed by atoms with E-state index in [1.807, 2.05) is 41.1 Å². The van der Waals surface area contributed by atoms with Crippen LogP contribution in [0.1, 0.15) is 0 Å². The summed E-state index contributed by atoms with van der Waals surface area (Å²) in [6.45, 7) is 0.157. The summed E-state index contributed by atoms with van der Waals surface area (Å²) in [6.07, 6.45) is 7.00. The van der Waals surface area contributed by atoms with Crippen molar-refractivity contribution >= 4 is 28.4 Å². The summed E-state index contributed by atoms with van der Waals surface area (Å²) in [5.74, 6) is 0.558. The van der Waals surface area contributed by atoms with Crippen molar-refractivity contribution in [2.45, 2.75) is 6.54 Å². The van der Waals surface area contributed by atoms with Crippen LogP contribution in [0, 0.1) is 0 Å². The van der Waals surface area contributed by atoms with Crippen molar-refractivity contribution in [3.05, 3.63) is 60.1 Å². The second-order valence-electron chi connectivity index (χ2n) is 5.70. The van der Waals surface area contributed by atoms with Crippen molar-refractivity contribution in [2.24, 2.45) is 0 Å². The van der Waals surface area contributed by atoms with Gasteiger partial charge in [0.25, 0.3) is 0 Å². The lowest BCUT2D eigenvalue weighted by atomic mass is 10.2. The fourth-order valence-electron chi connectivity index (χ4n) is 2.73. The van der Waals surface area contributed by atoms with Crippen LogP contribution in [0.3, 0.4) is 0 Å². The van der Waals surface area contributed by atoms with Gasteiger partial charge in [0, 0.05) is 31.0 Å². The normalized spacial score (nSPS) is 11.0. The van der Waals surface area contributed by atoms with Crippen molar-refractivity contribution < 1.29 is 4.79 Å². The highest BCUT2D eigenvalue weighted by atomic mass is 35.5. The van der Waals surface area contributed by atoms with Crippen LogP contribution in [0.5, 0.6) is 0 Å². The number of pyridine rings is 1. The number of hydrogen-bond acceptors (Lipinski definition) is 4. The standard InChI is InChI=1S/C18H15ClN6O/c1-20-16(26)11-24-10-13(9-22-24)25-8-7-21-18(25)15-6-5-12-3-2-4-14(19)17(12)23-15/h2-10H,11H2,1H3,(H,20,26). The minimum atomic E-state index is -0.114. The van der Waals surface area contributed by atoms with Gasteiger partial charge in [0.05, 0.1) is 22.4 Å². The first-order chi connectivity index (χ1) is 12.7. The molecule has 4 rings (SSSR count). The van der Waals surface area contributed by atoms with Crippen LogP contribution in [0.2, 0.25) is 5.02 Å². The Bertz CT molecular complexity index is 1100. The van der Waals surface area contributed by atoms with Crippen molar-refractivity contribution in [3.8, 4) is 17.2 Å². The molecule has 1 aromatic carbocycles. The van der Waals surface area contributed by atoms with Crippen LogP contribution >= 0.6 is 11.6 Å². The molecule has 0 spiro atoms. The first-order valence-corrected chi connectivity index (χ1v) is 8.36. The number of halogens is 1. The molecule has 0 saturated heterocycles. The van der Waals surface area contributed by atoms with Crippen LogP contribution in [0.25, 0.3) is 28.1 Å². The average molecular weight is 367 g/mol. The molecule has 0 aliphatic heterocycles. The SMILES string of the molecule is CNC(=O)Cn1cc(-n2ccnc2-c2ccc3cccc(Cl)c3n2)cn1. The molecule has 3 heterocycles. The molecular formula is C18H15ClN6O. The van der Waals surface area contributed by atoms with E-state index in [4.69, 9.17) is 11.6 Å². The molecule has 8 heteroatoms.